The SMILES string of the molecule is CCC1NCNC1C(C)=O. The van der Waals surface area contributed by atoms with Gasteiger partial charge in [0, 0.05) is 12.7 Å². The molecule has 0 aromatic carbocycles. The number of ketones is 1. The van der Waals surface area contributed by atoms with E-state index < -0.39 is 0 Å². The predicted octanol–water partition coefficient (Wildman–Crippen LogP) is -0.127. The van der Waals surface area contributed by atoms with E-state index in [0.717, 1.165) is 13.1 Å². The minimum atomic E-state index is 0.0463. The molecule has 2 atom stereocenters. The van der Waals surface area contributed by atoms with Crippen molar-refractivity contribution >= 4 is 5.78 Å². The smallest absolute Gasteiger partial charge is 0.148 e. The molecule has 58 valence electrons. The number of nitrogens with one attached hydrogen (secondary N) is 2. The molecule has 0 radical (unpaired) electrons. The zero-order chi connectivity index (χ0) is 7.56. The molecule has 0 spiro atoms. The van der Waals surface area contributed by atoms with E-state index in [1.807, 2.05) is 0 Å². The molecule has 0 aromatic heterocycles. The van der Waals surface area contributed by atoms with E-state index in [2.05, 4.69) is 17.6 Å². The van der Waals surface area contributed by atoms with Gasteiger partial charge in [-0.3, -0.25) is 15.4 Å². The molecular formula is C7H14N2O. The highest BCUT2D eigenvalue weighted by atomic mass is 16.1. The van der Waals surface area contributed by atoms with Crippen LogP contribution in [0.2, 0.25) is 0 Å². The van der Waals surface area contributed by atoms with Gasteiger partial charge >= 0.3 is 0 Å². The Morgan fingerprint density at radius 1 is 1.60 bits per heavy atom. The summed E-state index contributed by atoms with van der Waals surface area (Å²) in [5, 5.41) is 6.30. The minimum Gasteiger partial charge on any atom is -0.300 e. The first kappa shape index (κ1) is 7.69. The summed E-state index contributed by atoms with van der Waals surface area (Å²) in [4.78, 5) is 10.9. The van der Waals surface area contributed by atoms with Gasteiger partial charge in [-0.15, -0.1) is 0 Å². The van der Waals surface area contributed by atoms with Gasteiger partial charge < -0.3 is 0 Å². The molecule has 3 nitrogen and oxygen atoms in total. The molecule has 0 aromatic rings. The number of carbonyl (C=O) groups is 1. The second kappa shape index (κ2) is 3.12. The highest BCUT2D eigenvalue weighted by Crippen LogP contribution is 2.04. The molecule has 2 unspecified atom stereocenters. The summed E-state index contributed by atoms with van der Waals surface area (Å²) in [7, 11) is 0. The van der Waals surface area contributed by atoms with Gasteiger partial charge in [0.25, 0.3) is 0 Å². The zero-order valence-electron chi connectivity index (χ0n) is 6.48. The van der Waals surface area contributed by atoms with E-state index in [9.17, 15) is 4.79 Å². The molecule has 1 heterocycles. The van der Waals surface area contributed by atoms with E-state index in [4.69, 9.17) is 0 Å². The Kier molecular flexibility index (Phi) is 2.40. The van der Waals surface area contributed by atoms with Crippen LogP contribution in [0, 0.1) is 0 Å². The first-order valence-corrected chi connectivity index (χ1v) is 3.73. The number of hydrogen-bond donors (Lipinski definition) is 2. The van der Waals surface area contributed by atoms with Gasteiger partial charge in [0.15, 0.2) is 0 Å². The van der Waals surface area contributed by atoms with E-state index >= 15 is 0 Å². The first-order valence-electron chi connectivity index (χ1n) is 3.73. The van der Waals surface area contributed by atoms with E-state index in [-0.39, 0.29) is 11.8 Å². The Labute approximate surface area is 61.2 Å². The third-order valence-electron chi connectivity index (χ3n) is 1.97. The van der Waals surface area contributed by atoms with Crippen LogP contribution in [-0.2, 0) is 4.79 Å². The lowest BCUT2D eigenvalue weighted by molar-refractivity contribution is -0.118. The van der Waals surface area contributed by atoms with Gasteiger partial charge in [0.05, 0.1) is 6.04 Å². The monoisotopic (exact) mass is 142 g/mol. The van der Waals surface area contributed by atoms with E-state index in [0.29, 0.717) is 6.04 Å². The molecule has 0 amide bonds. The van der Waals surface area contributed by atoms with Gasteiger partial charge in [0.1, 0.15) is 5.78 Å². The highest BCUT2D eigenvalue weighted by molar-refractivity contribution is 5.82. The van der Waals surface area contributed by atoms with Crippen LogP contribution in [0.3, 0.4) is 0 Å². The highest BCUT2D eigenvalue weighted by Gasteiger charge is 2.27. The van der Waals surface area contributed by atoms with Crippen LogP contribution in [0.25, 0.3) is 0 Å². The van der Waals surface area contributed by atoms with Gasteiger partial charge in [0.2, 0.25) is 0 Å². The second-order valence-electron chi connectivity index (χ2n) is 2.69. The van der Waals surface area contributed by atoms with Gasteiger partial charge in [-0.1, -0.05) is 6.92 Å². The second-order valence-corrected chi connectivity index (χ2v) is 2.69. The third-order valence-corrected chi connectivity index (χ3v) is 1.97. The van der Waals surface area contributed by atoms with E-state index in [1.54, 1.807) is 6.92 Å². The fourth-order valence-corrected chi connectivity index (χ4v) is 1.37. The fraction of sp³-hybridized carbons (Fsp3) is 0.857. The van der Waals surface area contributed by atoms with Crippen molar-refractivity contribution < 1.29 is 4.79 Å². The number of Topliss-reactive ketones (excluding diaryl/α,β-unsaturated/α-hetero) is 1. The summed E-state index contributed by atoms with van der Waals surface area (Å²) in [5.74, 6) is 0.233. The average Bonchev–Trinajstić information content (AvgIpc) is 2.33. The van der Waals surface area contributed by atoms with Crippen molar-refractivity contribution in [2.24, 2.45) is 0 Å². The molecule has 0 aliphatic carbocycles. The standard InChI is InChI=1S/C7H14N2O/c1-3-6-7(5(2)10)9-4-8-6/h6-9H,3-4H2,1-2H3. The summed E-state index contributed by atoms with van der Waals surface area (Å²) in [5.41, 5.74) is 0. The molecule has 1 fully saturated rings. The van der Waals surface area contributed by atoms with Crippen molar-refractivity contribution in [3.8, 4) is 0 Å². The van der Waals surface area contributed by atoms with Crippen LogP contribution in [0.4, 0.5) is 0 Å². The van der Waals surface area contributed by atoms with Gasteiger partial charge in [-0.05, 0) is 13.3 Å². The van der Waals surface area contributed by atoms with E-state index in [1.165, 1.54) is 0 Å². The molecular weight excluding hydrogens is 128 g/mol. The summed E-state index contributed by atoms with van der Waals surface area (Å²) < 4.78 is 0. The third kappa shape index (κ3) is 1.36. The number of hydrogen-bond acceptors (Lipinski definition) is 3. The Bertz CT molecular complexity index is 136. The van der Waals surface area contributed by atoms with Crippen molar-refractivity contribution in [3.05, 3.63) is 0 Å². The largest absolute Gasteiger partial charge is 0.300 e. The first-order chi connectivity index (χ1) is 4.75. The Morgan fingerprint density at radius 3 is 2.70 bits per heavy atom. The minimum absolute atomic E-state index is 0.0463. The van der Waals surface area contributed by atoms with Crippen LogP contribution in [-0.4, -0.2) is 24.5 Å². The molecule has 1 saturated heterocycles. The molecule has 3 heteroatoms. The molecule has 2 N–H and O–H groups in total. The van der Waals surface area contributed by atoms with Crippen molar-refractivity contribution in [1.29, 1.82) is 0 Å². The summed E-state index contributed by atoms with van der Waals surface area (Å²) in [6.07, 6.45) is 1.01. The zero-order valence-corrected chi connectivity index (χ0v) is 6.48. The molecule has 0 bridgehead atoms. The predicted molar refractivity (Wildman–Crippen MR) is 39.7 cm³/mol. The maximum atomic E-state index is 10.9. The normalized spacial score (nSPS) is 32.6. The van der Waals surface area contributed by atoms with Crippen molar-refractivity contribution in [3.63, 3.8) is 0 Å². The molecule has 1 aliphatic heterocycles. The average molecular weight is 142 g/mol. The van der Waals surface area contributed by atoms with Crippen LogP contribution >= 0.6 is 0 Å². The number of carbonyl (C=O) groups excluding carboxylic acids is 1. The lowest BCUT2D eigenvalue weighted by Gasteiger charge is -2.13. The van der Waals surface area contributed by atoms with Crippen LogP contribution in [0.5, 0.6) is 0 Å². The topological polar surface area (TPSA) is 41.1 Å². The van der Waals surface area contributed by atoms with Crippen LogP contribution in [0.15, 0.2) is 0 Å². The number of rotatable bonds is 2. The summed E-state index contributed by atoms with van der Waals surface area (Å²) >= 11 is 0. The lowest BCUT2D eigenvalue weighted by Crippen LogP contribution is -2.38. The summed E-state index contributed by atoms with van der Waals surface area (Å²) in [6, 6.07) is 0.391. The quantitative estimate of drug-likeness (QED) is 0.564. The van der Waals surface area contributed by atoms with Crippen molar-refractivity contribution in [2.45, 2.75) is 32.4 Å². The summed E-state index contributed by atoms with van der Waals surface area (Å²) in [6.45, 7) is 4.48. The Morgan fingerprint density at radius 2 is 2.30 bits per heavy atom. The maximum Gasteiger partial charge on any atom is 0.148 e. The van der Waals surface area contributed by atoms with Crippen molar-refractivity contribution in [2.75, 3.05) is 6.67 Å². The Hall–Kier alpha value is -0.410. The Balaban J connectivity index is 2.50. The molecule has 0 saturated carbocycles. The lowest BCUT2D eigenvalue weighted by atomic mass is 10.0. The van der Waals surface area contributed by atoms with Crippen LogP contribution in [0.1, 0.15) is 20.3 Å². The van der Waals surface area contributed by atoms with Gasteiger partial charge in [-0.25, -0.2) is 0 Å². The maximum absolute atomic E-state index is 10.9. The molecule has 1 aliphatic rings. The molecule has 1 rings (SSSR count). The fourth-order valence-electron chi connectivity index (χ4n) is 1.37. The van der Waals surface area contributed by atoms with Gasteiger partial charge in [-0.2, -0.15) is 0 Å². The van der Waals surface area contributed by atoms with Crippen LogP contribution < -0.4 is 10.6 Å². The molecule has 10 heavy (non-hydrogen) atoms. The van der Waals surface area contributed by atoms with Crippen molar-refractivity contribution in [1.82, 2.24) is 10.6 Å².